The van der Waals surface area contributed by atoms with E-state index in [0.29, 0.717) is 10.2 Å². The molecule has 0 bridgehead atoms. The third-order valence-electron chi connectivity index (χ3n) is 5.83. The van der Waals surface area contributed by atoms with E-state index in [-0.39, 0.29) is 18.0 Å². The maximum absolute atomic E-state index is 13.3. The Morgan fingerprint density at radius 1 is 0.941 bits per heavy atom. The number of rotatable bonds is 5. The number of nitrogens with zero attached hydrogens (tertiary/aromatic N) is 2. The van der Waals surface area contributed by atoms with Crippen LogP contribution in [0.1, 0.15) is 11.1 Å². The molecule has 0 saturated heterocycles. The van der Waals surface area contributed by atoms with Crippen LogP contribution in [0, 0.1) is 13.8 Å². The number of aromatic nitrogens is 2. The number of nitrogens with one attached hydrogen (secondary N) is 1. The molecule has 5 rings (SSSR count). The highest BCUT2D eigenvalue weighted by molar-refractivity contribution is 7.17. The van der Waals surface area contributed by atoms with Gasteiger partial charge < -0.3 is 5.32 Å². The monoisotopic (exact) mass is 465 g/mol. The van der Waals surface area contributed by atoms with E-state index in [2.05, 4.69) is 34.6 Å². The summed E-state index contributed by atoms with van der Waals surface area (Å²) in [7, 11) is 0. The van der Waals surface area contributed by atoms with Crippen LogP contribution in [-0.2, 0) is 11.3 Å². The van der Waals surface area contributed by atoms with Crippen LogP contribution >= 0.6 is 11.3 Å². The average Bonchev–Trinajstić information content (AvgIpc) is 3.28. The van der Waals surface area contributed by atoms with Crippen LogP contribution < -0.4 is 10.9 Å². The second kappa shape index (κ2) is 9.08. The van der Waals surface area contributed by atoms with Gasteiger partial charge in [-0.25, -0.2) is 4.98 Å². The van der Waals surface area contributed by atoms with Crippen molar-refractivity contribution >= 4 is 33.1 Å². The minimum atomic E-state index is -0.265. The zero-order valence-corrected chi connectivity index (χ0v) is 19.7. The van der Waals surface area contributed by atoms with E-state index in [1.54, 1.807) is 0 Å². The minimum Gasteiger partial charge on any atom is -0.324 e. The number of thiophene rings is 1. The normalized spacial score (nSPS) is 11.0. The molecule has 0 saturated carbocycles. The second-order valence-corrected chi connectivity index (χ2v) is 9.18. The lowest BCUT2D eigenvalue weighted by molar-refractivity contribution is -0.116. The van der Waals surface area contributed by atoms with Gasteiger partial charge in [0.15, 0.2) is 0 Å². The van der Waals surface area contributed by atoms with Gasteiger partial charge >= 0.3 is 0 Å². The van der Waals surface area contributed by atoms with Crippen molar-refractivity contribution in [3.05, 3.63) is 106 Å². The van der Waals surface area contributed by atoms with Crippen LogP contribution in [0.25, 0.3) is 32.5 Å². The molecule has 0 aliphatic rings. The van der Waals surface area contributed by atoms with Gasteiger partial charge in [0.1, 0.15) is 11.4 Å². The summed E-state index contributed by atoms with van der Waals surface area (Å²) < 4.78 is 1.37. The van der Waals surface area contributed by atoms with E-state index in [1.165, 1.54) is 22.2 Å². The first-order valence-electron chi connectivity index (χ1n) is 11.0. The predicted octanol–water partition coefficient (Wildman–Crippen LogP) is 6.05. The number of hydrogen-bond acceptors (Lipinski definition) is 4. The van der Waals surface area contributed by atoms with E-state index in [4.69, 9.17) is 0 Å². The fraction of sp³-hybridized carbons (Fsp3) is 0.107. The Kier molecular flexibility index (Phi) is 5.82. The largest absolute Gasteiger partial charge is 0.324 e. The van der Waals surface area contributed by atoms with Crippen molar-refractivity contribution < 1.29 is 4.79 Å². The molecule has 6 heteroatoms. The lowest BCUT2D eigenvalue weighted by atomic mass is 10.0. The van der Waals surface area contributed by atoms with Crippen molar-refractivity contribution in [2.24, 2.45) is 0 Å². The van der Waals surface area contributed by atoms with Crippen LogP contribution in [0.4, 0.5) is 5.69 Å². The Hall–Kier alpha value is -4.03. The summed E-state index contributed by atoms with van der Waals surface area (Å²) in [5, 5.41) is 5.40. The van der Waals surface area contributed by atoms with Crippen LogP contribution in [0.3, 0.4) is 0 Å². The Balaban J connectivity index is 1.43. The summed E-state index contributed by atoms with van der Waals surface area (Å²) in [6, 6.07) is 24.2. The summed E-state index contributed by atoms with van der Waals surface area (Å²) in [5.41, 5.74) is 6.67. The number of fused-ring (bicyclic) bond motifs is 1. The van der Waals surface area contributed by atoms with E-state index >= 15 is 0 Å². The van der Waals surface area contributed by atoms with Gasteiger partial charge in [0.05, 0.1) is 11.7 Å². The number of benzene rings is 3. The number of amides is 1. The molecule has 0 spiro atoms. The first kappa shape index (κ1) is 21.8. The predicted molar refractivity (Wildman–Crippen MR) is 139 cm³/mol. The molecular weight excluding hydrogens is 442 g/mol. The maximum atomic E-state index is 13.3. The van der Waals surface area contributed by atoms with Crippen LogP contribution in [0.2, 0.25) is 0 Å². The molecule has 34 heavy (non-hydrogen) atoms. The van der Waals surface area contributed by atoms with Gasteiger partial charge in [0.25, 0.3) is 5.56 Å². The quantitative estimate of drug-likeness (QED) is 0.344. The van der Waals surface area contributed by atoms with Crippen molar-refractivity contribution in [2.45, 2.75) is 20.4 Å². The number of carbonyl (C=O) groups is 1. The summed E-state index contributed by atoms with van der Waals surface area (Å²) in [6.07, 6.45) is 1.45. The molecule has 0 aliphatic heterocycles. The zero-order chi connectivity index (χ0) is 23.7. The Bertz CT molecular complexity index is 1550. The molecule has 5 aromatic rings. The number of carbonyl (C=O) groups excluding carboxylic acids is 1. The summed E-state index contributed by atoms with van der Waals surface area (Å²) in [5.74, 6) is -0.265. The van der Waals surface area contributed by atoms with Crippen molar-refractivity contribution in [3.8, 4) is 22.3 Å². The maximum Gasteiger partial charge on any atom is 0.263 e. The topological polar surface area (TPSA) is 64.0 Å². The summed E-state index contributed by atoms with van der Waals surface area (Å²) in [6.45, 7) is 3.85. The van der Waals surface area contributed by atoms with Gasteiger partial charge in [-0.1, -0.05) is 72.3 Å². The Morgan fingerprint density at radius 3 is 2.38 bits per heavy atom. The number of hydrogen-bond donors (Lipinski definition) is 1. The molecule has 2 heterocycles. The minimum absolute atomic E-state index is 0.0999. The zero-order valence-electron chi connectivity index (χ0n) is 18.9. The third kappa shape index (κ3) is 4.28. The molecule has 0 atom stereocenters. The van der Waals surface area contributed by atoms with Crippen LogP contribution in [0.15, 0.2) is 89.3 Å². The lowest BCUT2D eigenvalue weighted by Gasteiger charge is -2.10. The Labute approximate surface area is 201 Å². The number of anilines is 1. The summed E-state index contributed by atoms with van der Waals surface area (Å²) >= 11 is 1.43. The van der Waals surface area contributed by atoms with E-state index < -0.39 is 0 Å². The molecule has 1 amide bonds. The van der Waals surface area contributed by atoms with Gasteiger partial charge in [0.2, 0.25) is 5.91 Å². The van der Waals surface area contributed by atoms with Gasteiger partial charge in [-0.3, -0.25) is 14.2 Å². The van der Waals surface area contributed by atoms with Crippen LogP contribution in [0.5, 0.6) is 0 Å². The van der Waals surface area contributed by atoms with Gasteiger partial charge in [0, 0.05) is 16.6 Å². The molecule has 0 aliphatic carbocycles. The standard InChI is InChI=1S/C28H23N3O2S/c1-18-8-13-24(19(2)14-18)30-25(32)15-31-17-29-27-26(28(31)33)23(16-34-27)22-11-9-21(10-12-22)20-6-4-3-5-7-20/h3-14,16-17H,15H2,1-2H3,(H,30,32). The average molecular weight is 466 g/mol. The molecule has 5 nitrogen and oxygen atoms in total. The highest BCUT2D eigenvalue weighted by atomic mass is 32.1. The Morgan fingerprint density at radius 2 is 1.65 bits per heavy atom. The van der Waals surface area contributed by atoms with Crippen molar-refractivity contribution in [1.29, 1.82) is 0 Å². The third-order valence-corrected chi connectivity index (χ3v) is 6.72. The lowest BCUT2D eigenvalue weighted by Crippen LogP contribution is -2.28. The SMILES string of the molecule is Cc1ccc(NC(=O)Cn2cnc3scc(-c4ccc(-c5ccccc5)cc4)c3c2=O)c(C)c1. The fourth-order valence-electron chi connectivity index (χ4n) is 4.06. The van der Waals surface area contributed by atoms with Gasteiger partial charge in [-0.15, -0.1) is 11.3 Å². The molecule has 0 radical (unpaired) electrons. The van der Waals surface area contributed by atoms with E-state index in [1.807, 2.05) is 67.8 Å². The molecule has 0 unspecified atom stereocenters. The molecule has 0 fully saturated rings. The van der Waals surface area contributed by atoms with Crippen molar-refractivity contribution in [3.63, 3.8) is 0 Å². The van der Waals surface area contributed by atoms with Gasteiger partial charge in [-0.05, 0) is 42.2 Å². The smallest absolute Gasteiger partial charge is 0.263 e. The van der Waals surface area contributed by atoms with E-state index in [9.17, 15) is 9.59 Å². The molecule has 168 valence electrons. The van der Waals surface area contributed by atoms with Crippen LogP contribution in [-0.4, -0.2) is 15.5 Å². The molecular formula is C28H23N3O2S. The highest BCUT2D eigenvalue weighted by Gasteiger charge is 2.15. The first-order chi connectivity index (χ1) is 16.5. The summed E-state index contributed by atoms with van der Waals surface area (Å²) in [4.78, 5) is 31.1. The van der Waals surface area contributed by atoms with Crippen molar-refractivity contribution in [1.82, 2.24) is 9.55 Å². The first-order valence-corrected chi connectivity index (χ1v) is 11.9. The molecule has 2 aromatic heterocycles. The number of aryl methyl sites for hydroxylation is 2. The molecule has 3 aromatic carbocycles. The van der Waals surface area contributed by atoms with Crippen molar-refractivity contribution in [2.75, 3.05) is 5.32 Å². The highest BCUT2D eigenvalue weighted by Crippen LogP contribution is 2.32. The second-order valence-electron chi connectivity index (χ2n) is 8.32. The fourth-order valence-corrected chi connectivity index (χ4v) is 4.97. The van der Waals surface area contributed by atoms with E-state index in [0.717, 1.165) is 39.1 Å². The molecule has 1 N–H and O–H groups in total. The van der Waals surface area contributed by atoms with Gasteiger partial charge in [-0.2, -0.15) is 0 Å².